The van der Waals surface area contributed by atoms with Crippen LogP contribution in [0.2, 0.25) is 0 Å². The molecule has 3 rings (SSSR count). The van der Waals surface area contributed by atoms with Crippen LogP contribution >= 0.6 is 11.3 Å². The first kappa shape index (κ1) is 15.2. The first-order valence-electron chi connectivity index (χ1n) is 7.63. The molecule has 5 nitrogen and oxygen atoms in total. The van der Waals surface area contributed by atoms with Gasteiger partial charge in [-0.05, 0) is 38.4 Å². The fourth-order valence-electron chi connectivity index (χ4n) is 2.77. The van der Waals surface area contributed by atoms with Crippen molar-refractivity contribution in [1.82, 2.24) is 9.88 Å². The lowest BCUT2D eigenvalue weighted by atomic mass is 9.98. The Hall–Kier alpha value is -1.66. The van der Waals surface area contributed by atoms with Crippen molar-refractivity contribution in [2.45, 2.75) is 26.3 Å². The molecule has 0 amide bonds. The summed E-state index contributed by atoms with van der Waals surface area (Å²) in [5.74, 6) is 0.734. The Morgan fingerprint density at radius 2 is 2.50 bits per heavy atom. The van der Waals surface area contributed by atoms with Crippen LogP contribution < -0.4 is 0 Å². The molecule has 0 N–H and O–H groups in total. The summed E-state index contributed by atoms with van der Waals surface area (Å²) >= 11 is 1.59. The summed E-state index contributed by atoms with van der Waals surface area (Å²) in [6.07, 6.45) is 3.60. The Kier molecular flexibility index (Phi) is 4.90. The van der Waals surface area contributed by atoms with Crippen LogP contribution in [0.5, 0.6) is 0 Å². The second-order valence-electron chi connectivity index (χ2n) is 5.45. The first-order valence-corrected chi connectivity index (χ1v) is 8.51. The molecule has 1 saturated heterocycles. The third-order valence-corrected chi connectivity index (χ3v) is 4.70. The van der Waals surface area contributed by atoms with E-state index in [1.54, 1.807) is 17.6 Å². The van der Waals surface area contributed by atoms with Crippen LogP contribution in [0.15, 0.2) is 28.2 Å². The van der Waals surface area contributed by atoms with E-state index in [1.807, 2.05) is 19.1 Å². The van der Waals surface area contributed by atoms with Gasteiger partial charge < -0.3 is 9.15 Å². The van der Waals surface area contributed by atoms with E-state index < -0.39 is 0 Å². The van der Waals surface area contributed by atoms with Gasteiger partial charge >= 0.3 is 5.97 Å². The molecular formula is C16H20N2O3S. The predicted octanol–water partition coefficient (Wildman–Crippen LogP) is 3.18. The summed E-state index contributed by atoms with van der Waals surface area (Å²) in [4.78, 5) is 18.8. The molecule has 0 radical (unpaired) electrons. The second kappa shape index (κ2) is 7.07. The Bertz CT molecular complexity index is 609. The predicted molar refractivity (Wildman–Crippen MR) is 84.5 cm³/mol. The van der Waals surface area contributed by atoms with E-state index in [0.29, 0.717) is 6.61 Å². The van der Waals surface area contributed by atoms with Crippen molar-refractivity contribution in [3.8, 4) is 10.8 Å². The molecule has 3 heterocycles. The van der Waals surface area contributed by atoms with E-state index >= 15 is 0 Å². The number of esters is 1. The van der Waals surface area contributed by atoms with Gasteiger partial charge in [0.2, 0.25) is 0 Å². The molecule has 0 aliphatic carbocycles. The minimum absolute atomic E-state index is 0.00289. The van der Waals surface area contributed by atoms with Gasteiger partial charge in [-0.1, -0.05) is 0 Å². The molecule has 0 spiro atoms. The number of carbonyl (C=O) groups is 1. The molecule has 1 fully saturated rings. The molecule has 2 aromatic heterocycles. The topological polar surface area (TPSA) is 55.6 Å². The van der Waals surface area contributed by atoms with Crippen LogP contribution in [-0.2, 0) is 16.1 Å². The van der Waals surface area contributed by atoms with E-state index in [2.05, 4.69) is 15.3 Å². The lowest BCUT2D eigenvalue weighted by molar-refractivity contribution is -0.150. The quantitative estimate of drug-likeness (QED) is 0.792. The van der Waals surface area contributed by atoms with Crippen molar-refractivity contribution in [3.63, 3.8) is 0 Å². The number of hydrogen-bond acceptors (Lipinski definition) is 6. The molecule has 118 valence electrons. The summed E-state index contributed by atoms with van der Waals surface area (Å²) in [7, 11) is 0. The average Bonchev–Trinajstić information content (AvgIpc) is 3.18. The number of piperidine rings is 1. The van der Waals surface area contributed by atoms with Gasteiger partial charge in [0.25, 0.3) is 0 Å². The number of carbonyl (C=O) groups excluding carboxylic acids is 1. The zero-order chi connectivity index (χ0) is 15.4. The molecule has 0 saturated carbocycles. The van der Waals surface area contributed by atoms with E-state index in [4.69, 9.17) is 9.15 Å². The van der Waals surface area contributed by atoms with Gasteiger partial charge in [0.15, 0.2) is 10.8 Å². The molecule has 1 atom stereocenters. The van der Waals surface area contributed by atoms with Crippen molar-refractivity contribution in [3.05, 3.63) is 29.5 Å². The summed E-state index contributed by atoms with van der Waals surface area (Å²) in [6, 6.07) is 3.78. The fourth-order valence-corrected chi connectivity index (χ4v) is 3.55. The van der Waals surface area contributed by atoms with Crippen LogP contribution in [0.1, 0.15) is 25.5 Å². The Labute approximate surface area is 133 Å². The van der Waals surface area contributed by atoms with Crippen molar-refractivity contribution in [2.75, 3.05) is 19.7 Å². The van der Waals surface area contributed by atoms with Gasteiger partial charge in [0.05, 0.1) is 24.5 Å². The Morgan fingerprint density at radius 1 is 1.59 bits per heavy atom. The number of rotatable bonds is 5. The number of aromatic nitrogens is 1. The fraction of sp³-hybridized carbons (Fsp3) is 0.500. The van der Waals surface area contributed by atoms with Crippen molar-refractivity contribution >= 4 is 17.3 Å². The number of likely N-dealkylation sites (tertiary alicyclic amines) is 1. The molecule has 22 heavy (non-hydrogen) atoms. The molecular weight excluding hydrogens is 300 g/mol. The summed E-state index contributed by atoms with van der Waals surface area (Å²) in [5.41, 5.74) is 1.03. The third-order valence-electron chi connectivity index (χ3n) is 3.79. The number of hydrogen-bond donors (Lipinski definition) is 0. The SMILES string of the molecule is CCOC(=O)C1CCCN(Cc2csc(-c3ccco3)n2)C1. The van der Waals surface area contributed by atoms with Gasteiger partial charge in [-0.3, -0.25) is 9.69 Å². The molecule has 6 heteroatoms. The van der Waals surface area contributed by atoms with E-state index in [9.17, 15) is 4.79 Å². The number of furan rings is 1. The molecule has 1 aliphatic rings. The van der Waals surface area contributed by atoms with Crippen LogP contribution in [0, 0.1) is 5.92 Å². The van der Waals surface area contributed by atoms with Crippen LogP contribution in [0.3, 0.4) is 0 Å². The molecule has 0 aromatic carbocycles. The van der Waals surface area contributed by atoms with Crippen LogP contribution in [0.25, 0.3) is 10.8 Å². The second-order valence-corrected chi connectivity index (χ2v) is 6.31. The zero-order valence-electron chi connectivity index (χ0n) is 12.7. The standard InChI is InChI=1S/C16H20N2O3S/c1-2-20-16(19)12-5-3-7-18(9-12)10-13-11-22-15(17-13)14-6-4-8-21-14/h4,6,8,11-12H,2-3,5,7,9-10H2,1H3. The van der Waals surface area contributed by atoms with E-state index in [-0.39, 0.29) is 11.9 Å². The molecule has 0 bridgehead atoms. The van der Waals surface area contributed by atoms with Crippen molar-refractivity contribution in [2.24, 2.45) is 5.92 Å². The van der Waals surface area contributed by atoms with Crippen molar-refractivity contribution < 1.29 is 13.9 Å². The minimum Gasteiger partial charge on any atom is -0.466 e. The maximum atomic E-state index is 11.9. The van der Waals surface area contributed by atoms with Gasteiger partial charge in [0, 0.05) is 18.5 Å². The Morgan fingerprint density at radius 3 is 3.27 bits per heavy atom. The van der Waals surface area contributed by atoms with Crippen molar-refractivity contribution in [1.29, 1.82) is 0 Å². The molecule has 1 unspecified atom stereocenters. The van der Waals surface area contributed by atoms with Crippen LogP contribution in [-0.4, -0.2) is 35.5 Å². The highest BCUT2D eigenvalue weighted by Gasteiger charge is 2.27. The third kappa shape index (κ3) is 3.56. The number of nitrogens with zero attached hydrogens (tertiary/aromatic N) is 2. The highest BCUT2D eigenvalue weighted by Crippen LogP contribution is 2.26. The van der Waals surface area contributed by atoms with E-state index in [1.165, 1.54) is 0 Å². The lowest BCUT2D eigenvalue weighted by Gasteiger charge is -2.30. The molecule has 1 aliphatic heterocycles. The van der Waals surface area contributed by atoms with Gasteiger partial charge in [0.1, 0.15) is 0 Å². The van der Waals surface area contributed by atoms with Gasteiger partial charge in [-0.15, -0.1) is 11.3 Å². The largest absolute Gasteiger partial charge is 0.466 e. The average molecular weight is 320 g/mol. The van der Waals surface area contributed by atoms with Crippen LogP contribution in [0.4, 0.5) is 0 Å². The zero-order valence-corrected chi connectivity index (χ0v) is 13.5. The van der Waals surface area contributed by atoms with Gasteiger partial charge in [-0.25, -0.2) is 4.98 Å². The van der Waals surface area contributed by atoms with E-state index in [0.717, 1.165) is 48.9 Å². The highest BCUT2D eigenvalue weighted by atomic mass is 32.1. The van der Waals surface area contributed by atoms with Gasteiger partial charge in [-0.2, -0.15) is 0 Å². The summed E-state index contributed by atoms with van der Waals surface area (Å²) in [5, 5.41) is 2.96. The summed E-state index contributed by atoms with van der Waals surface area (Å²) < 4.78 is 10.5. The summed E-state index contributed by atoms with van der Waals surface area (Å²) in [6.45, 7) is 4.83. The maximum absolute atomic E-state index is 11.9. The monoisotopic (exact) mass is 320 g/mol. The normalized spacial score (nSPS) is 19.2. The smallest absolute Gasteiger partial charge is 0.310 e. The Balaban J connectivity index is 1.60. The highest BCUT2D eigenvalue weighted by molar-refractivity contribution is 7.13. The number of ether oxygens (including phenoxy) is 1. The number of thiazole rings is 1. The minimum atomic E-state index is -0.0678. The maximum Gasteiger partial charge on any atom is 0.310 e. The lowest BCUT2D eigenvalue weighted by Crippen LogP contribution is -2.39. The molecule has 2 aromatic rings. The first-order chi connectivity index (χ1) is 10.8.